The zero-order valence-electron chi connectivity index (χ0n) is 14.0. The molecule has 1 aromatic rings. The van der Waals surface area contributed by atoms with Gasteiger partial charge in [-0.3, -0.25) is 14.4 Å². The van der Waals surface area contributed by atoms with Crippen molar-refractivity contribution >= 4 is 46.8 Å². The molecule has 0 aromatic heterocycles. The van der Waals surface area contributed by atoms with Gasteiger partial charge in [0.1, 0.15) is 0 Å². The molecule has 0 radical (unpaired) electrons. The minimum absolute atomic E-state index is 0.00736. The molecule has 0 saturated heterocycles. The molecule has 1 heterocycles. The van der Waals surface area contributed by atoms with Crippen molar-refractivity contribution in [3.63, 3.8) is 0 Å². The Balaban J connectivity index is 1.91. The first-order valence-electron chi connectivity index (χ1n) is 8.02. The maximum absolute atomic E-state index is 12.1. The summed E-state index contributed by atoms with van der Waals surface area (Å²) in [5.41, 5.74) is 0.641. The van der Waals surface area contributed by atoms with Crippen molar-refractivity contribution in [1.82, 2.24) is 5.32 Å². The second-order valence-electron chi connectivity index (χ2n) is 6.41. The lowest BCUT2D eigenvalue weighted by Crippen LogP contribution is -2.38. The minimum atomic E-state index is -0.926. The van der Waals surface area contributed by atoms with E-state index in [-0.39, 0.29) is 30.7 Å². The highest BCUT2D eigenvalue weighted by Gasteiger charge is 2.29. The Kier molecular flexibility index (Phi) is 6.72. The van der Waals surface area contributed by atoms with E-state index in [9.17, 15) is 19.5 Å². The number of carbonyl (C=O) groups excluding carboxylic acids is 2. The number of carbonyl (C=O) groups is 3. The molecule has 1 aliphatic heterocycles. The molecular weight excluding hydrogens is 364 g/mol. The van der Waals surface area contributed by atoms with E-state index in [1.54, 1.807) is 18.2 Å². The van der Waals surface area contributed by atoms with Gasteiger partial charge in [0, 0.05) is 22.9 Å². The van der Waals surface area contributed by atoms with Gasteiger partial charge >= 0.3 is 5.97 Å². The number of aliphatic carboxylic acids is 1. The molecule has 3 N–H and O–H groups in total. The first-order valence-corrected chi connectivity index (χ1v) is 9.28. The summed E-state index contributed by atoms with van der Waals surface area (Å²) < 4.78 is 0. The van der Waals surface area contributed by atoms with Crippen LogP contribution in [0.5, 0.6) is 0 Å². The summed E-state index contributed by atoms with van der Waals surface area (Å²) in [6, 6.07) is 5.20. The third-order valence-corrected chi connectivity index (χ3v) is 5.29. The summed E-state index contributed by atoms with van der Waals surface area (Å²) in [5.74, 6) is -1.92. The molecule has 2 amide bonds. The molecule has 1 aliphatic rings. The van der Waals surface area contributed by atoms with Crippen molar-refractivity contribution in [2.45, 2.75) is 36.8 Å². The highest BCUT2D eigenvalue weighted by atomic mass is 35.5. The number of hydrogen-bond acceptors (Lipinski definition) is 4. The zero-order valence-corrected chi connectivity index (χ0v) is 15.6. The van der Waals surface area contributed by atoms with Gasteiger partial charge in [0.05, 0.1) is 16.9 Å². The number of carboxylic acid groups (broad SMARTS) is 1. The summed E-state index contributed by atoms with van der Waals surface area (Å²) in [7, 11) is 0. The number of benzene rings is 1. The maximum Gasteiger partial charge on any atom is 0.308 e. The molecule has 136 valence electrons. The van der Waals surface area contributed by atoms with E-state index >= 15 is 0 Å². The fourth-order valence-corrected chi connectivity index (χ4v) is 3.84. The van der Waals surface area contributed by atoms with Crippen LogP contribution >= 0.6 is 23.4 Å². The van der Waals surface area contributed by atoms with Crippen LogP contribution in [0.2, 0.25) is 5.02 Å². The van der Waals surface area contributed by atoms with E-state index in [0.29, 0.717) is 17.1 Å². The van der Waals surface area contributed by atoms with Crippen LogP contribution in [0, 0.1) is 11.8 Å². The van der Waals surface area contributed by atoms with Gasteiger partial charge < -0.3 is 15.7 Å². The lowest BCUT2D eigenvalue weighted by atomic mass is 9.97. The predicted octanol–water partition coefficient (Wildman–Crippen LogP) is 3.01. The molecule has 8 heteroatoms. The number of halogens is 1. The van der Waals surface area contributed by atoms with E-state index in [1.165, 1.54) is 11.8 Å². The van der Waals surface area contributed by atoms with Crippen molar-refractivity contribution < 1.29 is 19.5 Å². The quantitative estimate of drug-likeness (QED) is 0.671. The minimum Gasteiger partial charge on any atom is -0.481 e. The van der Waals surface area contributed by atoms with Crippen molar-refractivity contribution in [3.05, 3.63) is 23.2 Å². The van der Waals surface area contributed by atoms with E-state index < -0.39 is 17.1 Å². The van der Waals surface area contributed by atoms with Crippen LogP contribution in [-0.4, -0.2) is 34.7 Å². The second-order valence-corrected chi connectivity index (χ2v) is 8.09. The van der Waals surface area contributed by atoms with Crippen molar-refractivity contribution in [2.75, 3.05) is 11.9 Å². The number of nitrogens with one attached hydrogen (secondary N) is 2. The van der Waals surface area contributed by atoms with Gasteiger partial charge in [-0.05, 0) is 30.5 Å². The number of amides is 2. The van der Waals surface area contributed by atoms with E-state index in [4.69, 9.17) is 11.6 Å². The van der Waals surface area contributed by atoms with Gasteiger partial charge in [0.2, 0.25) is 11.8 Å². The Labute approximate surface area is 155 Å². The lowest BCUT2D eigenvalue weighted by molar-refractivity contribution is -0.142. The summed E-state index contributed by atoms with van der Waals surface area (Å²) in [6.45, 7) is 3.94. The molecular formula is C17H21ClN2O4S. The Morgan fingerprint density at radius 3 is 2.76 bits per heavy atom. The number of thioether (sulfide) groups is 1. The average molecular weight is 385 g/mol. The molecule has 2 unspecified atom stereocenters. The molecule has 2 rings (SSSR count). The summed E-state index contributed by atoms with van der Waals surface area (Å²) in [6.07, 6.45) is 0.481. The fourth-order valence-electron chi connectivity index (χ4n) is 2.58. The van der Waals surface area contributed by atoms with E-state index in [1.807, 2.05) is 13.8 Å². The maximum atomic E-state index is 12.1. The molecule has 0 spiro atoms. The molecule has 2 atom stereocenters. The van der Waals surface area contributed by atoms with Crippen LogP contribution in [0.15, 0.2) is 23.1 Å². The van der Waals surface area contributed by atoms with Gasteiger partial charge in [-0.25, -0.2) is 0 Å². The third-order valence-electron chi connectivity index (χ3n) is 3.78. The monoisotopic (exact) mass is 384 g/mol. The first kappa shape index (κ1) is 19.6. The Hall–Kier alpha value is -1.73. The van der Waals surface area contributed by atoms with Gasteiger partial charge in [0.25, 0.3) is 0 Å². The van der Waals surface area contributed by atoms with Gasteiger partial charge in [-0.2, -0.15) is 0 Å². The number of carboxylic acids is 1. The largest absolute Gasteiger partial charge is 0.481 e. The van der Waals surface area contributed by atoms with Crippen LogP contribution < -0.4 is 10.6 Å². The van der Waals surface area contributed by atoms with Gasteiger partial charge in [0.15, 0.2) is 0 Å². The lowest BCUT2D eigenvalue weighted by Gasteiger charge is -2.24. The second kappa shape index (κ2) is 8.58. The summed E-state index contributed by atoms with van der Waals surface area (Å²) in [5, 5.41) is 14.6. The Bertz CT molecular complexity index is 681. The number of rotatable bonds is 7. The molecule has 0 saturated carbocycles. The normalized spacial score (nSPS) is 17.6. The van der Waals surface area contributed by atoms with Crippen molar-refractivity contribution in [2.24, 2.45) is 11.8 Å². The zero-order chi connectivity index (χ0) is 18.6. The SMILES string of the molecule is CC(C)CC(CNC(=O)CC1Sc2ccc(Cl)cc2NC1=O)C(=O)O. The van der Waals surface area contributed by atoms with Gasteiger partial charge in [-0.15, -0.1) is 11.8 Å². The third kappa shape index (κ3) is 5.64. The van der Waals surface area contributed by atoms with Crippen LogP contribution in [0.1, 0.15) is 26.7 Å². The predicted molar refractivity (Wildman–Crippen MR) is 97.9 cm³/mol. The molecule has 1 aromatic carbocycles. The molecule has 25 heavy (non-hydrogen) atoms. The van der Waals surface area contributed by atoms with Crippen LogP contribution in [0.4, 0.5) is 5.69 Å². The molecule has 0 bridgehead atoms. The number of hydrogen-bond donors (Lipinski definition) is 3. The first-order chi connectivity index (χ1) is 11.8. The fraction of sp³-hybridized carbons (Fsp3) is 0.471. The molecule has 0 fully saturated rings. The van der Waals surface area contributed by atoms with E-state index in [2.05, 4.69) is 10.6 Å². The van der Waals surface area contributed by atoms with Crippen LogP contribution in [-0.2, 0) is 14.4 Å². The number of fused-ring (bicyclic) bond motifs is 1. The summed E-state index contributed by atoms with van der Waals surface area (Å²) in [4.78, 5) is 36.3. The van der Waals surface area contributed by atoms with Crippen molar-refractivity contribution in [3.8, 4) is 0 Å². The smallest absolute Gasteiger partial charge is 0.308 e. The highest BCUT2D eigenvalue weighted by molar-refractivity contribution is 8.01. The van der Waals surface area contributed by atoms with Crippen LogP contribution in [0.25, 0.3) is 0 Å². The molecule has 6 nitrogen and oxygen atoms in total. The van der Waals surface area contributed by atoms with Gasteiger partial charge in [-0.1, -0.05) is 25.4 Å². The summed E-state index contributed by atoms with van der Waals surface area (Å²) >= 11 is 7.21. The highest BCUT2D eigenvalue weighted by Crippen LogP contribution is 2.38. The average Bonchev–Trinajstić information content (AvgIpc) is 2.51. The Morgan fingerprint density at radius 2 is 2.12 bits per heavy atom. The topological polar surface area (TPSA) is 95.5 Å². The molecule has 0 aliphatic carbocycles. The number of anilines is 1. The van der Waals surface area contributed by atoms with Crippen molar-refractivity contribution in [1.29, 1.82) is 0 Å². The van der Waals surface area contributed by atoms with Crippen LogP contribution in [0.3, 0.4) is 0 Å². The van der Waals surface area contributed by atoms with E-state index in [0.717, 1.165) is 4.90 Å². The standard InChI is InChI=1S/C17H21ClN2O4S/c1-9(2)5-10(17(23)24)8-19-15(21)7-14-16(22)20-12-6-11(18)3-4-13(12)25-14/h3-4,6,9-10,14H,5,7-8H2,1-2H3,(H,19,21)(H,20,22)(H,23,24). The Morgan fingerprint density at radius 1 is 1.40 bits per heavy atom.